The van der Waals surface area contributed by atoms with Crippen LogP contribution >= 0.6 is 0 Å². The van der Waals surface area contributed by atoms with Crippen molar-refractivity contribution in [2.24, 2.45) is 0 Å². The largest absolute Gasteiger partial charge is 0.378 e. The number of aromatic nitrogens is 3. The van der Waals surface area contributed by atoms with E-state index in [0.29, 0.717) is 50.8 Å². The summed E-state index contributed by atoms with van der Waals surface area (Å²) >= 11 is 0. The Morgan fingerprint density at radius 3 is 2.48 bits per heavy atom. The average Bonchev–Trinajstić information content (AvgIpc) is 2.79. The van der Waals surface area contributed by atoms with E-state index in [0.717, 1.165) is 31.2 Å². The Morgan fingerprint density at radius 1 is 1.07 bits per heavy atom. The van der Waals surface area contributed by atoms with Crippen molar-refractivity contribution < 1.29 is 9.13 Å². The molecule has 0 radical (unpaired) electrons. The van der Waals surface area contributed by atoms with E-state index in [9.17, 15) is 9.65 Å². The molecule has 2 fully saturated rings. The SMILES string of the molecule is N#Cc1nc(N2CCOCC2)nc(N(Cc2ccc(F)cc2)C2CCCCC2)n1. The molecule has 2 aromatic rings. The van der Waals surface area contributed by atoms with Crippen molar-refractivity contribution in [3.05, 3.63) is 41.5 Å². The van der Waals surface area contributed by atoms with E-state index < -0.39 is 0 Å². The van der Waals surface area contributed by atoms with Crippen molar-refractivity contribution in [2.75, 3.05) is 36.1 Å². The molecule has 7 nitrogen and oxygen atoms in total. The van der Waals surface area contributed by atoms with Crippen LogP contribution in [0.3, 0.4) is 0 Å². The molecule has 1 aromatic carbocycles. The molecule has 8 heteroatoms. The first-order chi connectivity index (χ1) is 14.2. The number of halogens is 1. The van der Waals surface area contributed by atoms with Gasteiger partial charge in [0.05, 0.1) is 13.2 Å². The minimum atomic E-state index is -0.250. The fraction of sp³-hybridized carbons (Fsp3) is 0.524. The molecule has 0 atom stereocenters. The van der Waals surface area contributed by atoms with E-state index in [4.69, 9.17) is 9.72 Å². The summed E-state index contributed by atoms with van der Waals surface area (Å²) in [5, 5.41) is 9.49. The van der Waals surface area contributed by atoms with Crippen LogP contribution in [-0.4, -0.2) is 47.3 Å². The third-order valence-corrected chi connectivity index (χ3v) is 5.54. The van der Waals surface area contributed by atoms with E-state index in [-0.39, 0.29) is 11.6 Å². The molecule has 0 N–H and O–H groups in total. The van der Waals surface area contributed by atoms with Gasteiger partial charge in [0.2, 0.25) is 17.7 Å². The summed E-state index contributed by atoms with van der Waals surface area (Å²) in [5.41, 5.74) is 0.990. The summed E-state index contributed by atoms with van der Waals surface area (Å²) in [7, 11) is 0. The van der Waals surface area contributed by atoms with Crippen LogP contribution in [0.2, 0.25) is 0 Å². The van der Waals surface area contributed by atoms with Gasteiger partial charge in [0.1, 0.15) is 11.9 Å². The third kappa shape index (κ3) is 4.80. The lowest BCUT2D eigenvalue weighted by Crippen LogP contribution is -2.40. The number of ether oxygens (including phenoxy) is 1. The topological polar surface area (TPSA) is 78.2 Å². The van der Waals surface area contributed by atoms with Gasteiger partial charge < -0.3 is 14.5 Å². The molecule has 4 rings (SSSR count). The predicted molar refractivity (Wildman–Crippen MR) is 107 cm³/mol. The predicted octanol–water partition coefficient (Wildman–Crippen LogP) is 3.06. The molecular weight excluding hydrogens is 371 g/mol. The van der Waals surface area contributed by atoms with E-state index >= 15 is 0 Å². The number of anilines is 2. The third-order valence-electron chi connectivity index (χ3n) is 5.54. The molecule has 2 aliphatic rings. The van der Waals surface area contributed by atoms with Crippen molar-refractivity contribution in [3.63, 3.8) is 0 Å². The molecule has 1 saturated carbocycles. The maximum absolute atomic E-state index is 13.4. The minimum absolute atomic E-state index is 0.122. The molecule has 152 valence electrons. The Bertz CT molecular complexity index is 856. The van der Waals surface area contributed by atoms with Crippen molar-refractivity contribution in [1.82, 2.24) is 15.0 Å². The van der Waals surface area contributed by atoms with Gasteiger partial charge in [-0.3, -0.25) is 0 Å². The van der Waals surface area contributed by atoms with Crippen LogP contribution in [0, 0.1) is 17.1 Å². The molecule has 0 unspecified atom stereocenters. The maximum Gasteiger partial charge on any atom is 0.238 e. The van der Waals surface area contributed by atoms with Crippen LogP contribution in [0.4, 0.5) is 16.3 Å². The highest BCUT2D eigenvalue weighted by atomic mass is 19.1. The average molecular weight is 396 g/mol. The van der Waals surface area contributed by atoms with Gasteiger partial charge >= 0.3 is 0 Å². The summed E-state index contributed by atoms with van der Waals surface area (Å²) in [4.78, 5) is 17.7. The zero-order chi connectivity index (χ0) is 20.1. The molecule has 1 aliphatic heterocycles. The van der Waals surface area contributed by atoms with Crippen molar-refractivity contribution in [3.8, 4) is 6.07 Å². The molecule has 1 aromatic heterocycles. The molecule has 0 spiro atoms. The second-order valence-corrected chi connectivity index (χ2v) is 7.52. The summed E-state index contributed by atoms with van der Waals surface area (Å²) in [5.74, 6) is 0.917. The zero-order valence-electron chi connectivity index (χ0n) is 16.4. The van der Waals surface area contributed by atoms with Gasteiger partial charge in [-0.15, -0.1) is 0 Å². The first kappa shape index (κ1) is 19.5. The number of hydrogen-bond acceptors (Lipinski definition) is 7. The molecule has 1 saturated heterocycles. The lowest BCUT2D eigenvalue weighted by molar-refractivity contribution is 0.122. The van der Waals surface area contributed by atoms with Crippen molar-refractivity contribution in [1.29, 1.82) is 5.26 Å². The fourth-order valence-electron chi connectivity index (χ4n) is 3.98. The van der Waals surface area contributed by atoms with Crippen LogP contribution in [-0.2, 0) is 11.3 Å². The quantitative estimate of drug-likeness (QED) is 0.768. The first-order valence-electron chi connectivity index (χ1n) is 10.2. The van der Waals surface area contributed by atoms with E-state index in [1.54, 1.807) is 12.1 Å². The van der Waals surface area contributed by atoms with E-state index in [2.05, 4.69) is 20.9 Å². The monoisotopic (exact) mass is 396 g/mol. The van der Waals surface area contributed by atoms with Gasteiger partial charge in [-0.2, -0.15) is 20.2 Å². The number of benzene rings is 1. The van der Waals surface area contributed by atoms with Crippen molar-refractivity contribution in [2.45, 2.75) is 44.7 Å². The van der Waals surface area contributed by atoms with Gasteiger partial charge in [-0.1, -0.05) is 31.4 Å². The molecule has 2 heterocycles. The van der Waals surface area contributed by atoms with Crippen LogP contribution < -0.4 is 9.80 Å². The zero-order valence-corrected chi connectivity index (χ0v) is 16.4. The van der Waals surface area contributed by atoms with E-state index in [1.165, 1.54) is 18.6 Å². The number of nitrogens with zero attached hydrogens (tertiary/aromatic N) is 6. The van der Waals surface area contributed by atoms with Gasteiger partial charge in [-0.05, 0) is 30.5 Å². The Morgan fingerprint density at radius 2 is 1.79 bits per heavy atom. The minimum Gasteiger partial charge on any atom is -0.378 e. The second kappa shape index (κ2) is 9.14. The lowest BCUT2D eigenvalue weighted by Gasteiger charge is -2.35. The molecule has 1 aliphatic carbocycles. The fourth-order valence-corrected chi connectivity index (χ4v) is 3.98. The summed E-state index contributed by atoms with van der Waals surface area (Å²) in [6, 6.07) is 8.90. The number of rotatable bonds is 5. The Hall–Kier alpha value is -2.79. The summed E-state index contributed by atoms with van der Waals surface area (Å²) in [6.45, 7) is 3.18. The highest BCUT2D eigenvalue weighted by molar-refractivity contribution is 5.43. The van der Waals surface area contributed by atoms with Crippen LogP contribution in [0.15, 0.2) is 24.3 Å². The van der Waals surface area contributed by atoms with Gasteiger partial charge in [0.25, 0.3) is 0 Å². The second-order valence-electron chi connectivity index (χ2n) is 7.52. The Balaban J connectivity index is 1.68. The Labute approximate surface area is 170 Å². The smallest absolute Gasteiger partial charge is 0.238 e. The van der Waals surface area contributed by atoms with Crippen LogP contribution in [0.25, 0.3) is 0 Å². The van der Waals surface area contributed by atoms with Gasteiger partial charge in [0.15, 0.2) is 0 Å². The van der Waals surface area contributed by atoms with Gasteiger partial charge in [-0.25, -0.2) is 4.39 Å². The van der Waals surface area contributed by atoms with Gasteiger partial charge in [0, 0.05) is 25.7 Å². The molecule has 0 bridgehead atoms. The first-order valence-corrected chi connectivity index (χ1v) is 10.2. The lowest BCUT2D eigenvalue weighted by atomic mass is 9.94. The van der Waals surface area contributed by atoms with Crippen LogP contribution in [0.5, 0.6) is 0 Å². The molecule has 29 heavy (non-hydrogen) atoms. The summed E-state index contributed by atoms with van der Waals surface area (Å²) in [6.07, 6.45) is 5.68. The van der Waals surface area contributed by atoms with E-state index in [1.807, 2.05) is 4.90 Å². The maximum atomic E-state index is 13.4. The van der Waals surface area contributed by atoms with Crippen molar-refractivity contribution >= 4 is 11.9 Å². The number of hydrogen-bond donors (Lipinski definition) is 0. The number of nitriles is 1. The highest BCUT2D eigenvalue weighted by Gasteiger charge is 2.26. The standard InChI is InChI=1S/C21H25FN6O/c22-17-8-6-16(7-9-17)15-28(18-4-2-1-3-5-18)21-25-19(14-23)24-20(26-21)27-10-12-29-13-11-27/h6-9,18H,1-5,10-13,15H2. The molecule has 0 amide bonds. The van der Waals surface area contributed by atoms with Crippen LogP contribution in [0.1, 0.15) is 43.5 Å². The molecular formula is C21H25FN6O. The highest BCUT2D eigenvalue weighted by Crippen LogP contribution is 2.28. The normalized spacial score (nSPS) is 17.7. The summed E-state index contributed by atoms with van der Waals surface area (Å²) < 4.78 is 18.8. The Kier molecular flexibility index (Phi) is 6.15. The number of morpholine rings is 1.